The summed E-state index contributed by atoms with van der Waals surface area (Å²) in [5.74, 6) is -0.355. The van der Waals surface area contributed by atoms with Gasteiger partial charge in [0, 0.05) is 34.8 Å². The first-order chi connectivity index (χ1) is 16.8. The molecule has 1 saturated heterocycles. The van der Waals surface area contributed by atoms with Gasteiger partial charge in [-0.2, -0.15) is 0 Å². The number of thiazole rings is 1. The van der Waals surface area contributed by atoms with Gasteiger partial charge in [-0.1, -0.05) is 22.0 Å². The van der Waals surface area contributed by atoms with Crippen molar-refractivity contribution in [2.24, 2.45) is 10.9 Å². The predicted octanol–water partition coefficient (Wildman–Crippen LogP) is 3.77. The van der Waals surface area contributed by atoms with E-state index in [0.717, 1.165) is 5.70 Å². The monoisotopic (exact) mass is 582 g/mol. The van der Waals surface area contributed by atoms with E-state index in [4.69, 9.17) is 9.73 Å². The number of fused-ring (bicyclic) bond motifs is 1. The van der Waals surface area contributed by atoms with Crippen molar-refractivity contribution in [2.75, 3.05) is 19.7 Å². The van der Waals surface area contributed by atoms with Crippen molar-refractivity contribution in [1.29, 1.82) is 0 Å². The second kappa shape index (κ2) is 9.72. The minimum atomic E-state index is -3.32. The Labute approximate surface area is 215 Å². The van der Waals surface area contributed by atoms with Gasteiger partial charge in [0.2, 0.25) is 10.0 Å². The summed E-state index contributed by atoms with van der Waals surface area (Å²) < 4.78 is 47.3. The van der Waals surface area contributed by atoms with Crippen LogP contribution in [0.3, 0.4) is 0 Å². The SMILES string of the molecule is CCOC(=O)C1=C2C[C@@H](CNS(=O)(=O)C3CC3)CN2C(c2nccs2)=N[C@H]1c1ccc(F)cc1Br. The van der Waals surface area contributed by atoms with E-state index in [9.17, 15) is 17.6 Å². The van der Waals surface area contributed by atoms with Crippen LogP contribution in [0.2, 0.25) is 0 Å². The van der Waals surface area contributed by atoms with Crippen molar-refractivity contribution >= 4 is 49.1 Å². The standard InChI is InChI=1S/C23H24BrFN4O4S2/c1-2-33-23(30)19-18-9-13(11-27-35(31,32)15-4-5-15)12-29(18)21(22-26-7-8-34-22)28-20(19)16-6-3-14(25)10-17(16)24/h3,6-8,10,13,15,20,27H,2,4-5,9,11-12H2,1H3/t13-,20-/m0/s1. The summed E-state index contributed by atoms with van der Waals surface area (Å²) in [4.78, 5) is 24.6. The highest BCUT2D eigenvalue weighted by molar-refractivity contribution is 9.10. The number of halogens is 2. The number of benzene rings is 1. The average molecular weight is 584 g/mol. The van der Waals surface area contributed by atoms with Gasteiger partial charge in [-0.25, -0.2) is 27.3 Å². The highest BCUT2D eigenvalue weighted by Gasteiger charge is 2.43. The number of esters is 1. The van der Waals surface area contributed by atoms with Crippen LogP contribution in [-0.4, -0.2) is 55.1 Å². The Morgan fingerprint density at radius 3 is 2.83 bits per heavy atom. The molecule has 1 aromatic heterocycles. The number of nitrogens with zero attached hydrogens (tertiary/aromatic N) is 3. The van der Waals surface area contributed by atoms with Gasteiger partial charge in [0.15, 0.2) is 10.8 Å². The number of carbonyl (C=O) groups excluding carboxylic acids is 1. The molecule has 0 bridgehead atoms. The third-order valence-corrected chi connectivity index (χ3v) is 9.63. The topological polar surface area (TPSA) is 101 Å². The van der Waals surface area contributed by atoms with Crippen molar-refractivity contribution in [1.82, 2.24) is 14.6 Å². The van der Waals surface area contributed by atoms with E-state index in [1.54, 1.807) is 19.2 Å². The molecule has 0 unspecified atom stereocenters. The summed E-state index contributed by atoms with van der Waals surface area (Å²) in [7, 11) is -3.32. The van der Waals surface area contributed by atoms with Crippen molar-refractivity contribution in [3.8, 4) is 0 Å². The largest absolute Gasteiger partial charge is 0.463 e. The van der Waals surface area contributed by atoms with E-state index in [0.29, 0.717) is 52.3 Å². The second-order valence-corrected chi connectivity index (χ2v) is 12.5. The van der Waals surface area contributed by atoms with Crippen molar-refractivity contribution < 1.29 is 22.3 Å². The summed E-state index contributed by atoms with van der Waals surface area (Å²) in [5, 5.41) is 2.24. The van der Waals surface area contributed by atoms with Crippen molar-refractivity contribution in [3.05, 3.63) is 61.9 Å². The number of ether oxygens (including phenoxy) is 1. The number of rotatable bonds is 8. The Hall–Kier alpha value is -2.15. The molecule has 2 fully saturated rings. The summed E-state index contributed by atoms with van der Waals surface area (Å²) in [6.45, 7) is 2.69. The van der Waals surface area contributed by atoms with E-state index in [2.05, 4.69) is 25.6 Å². The fraction of sp³-hybridized carbons (Fsp3) is 0.435. The number of aliphatic imine (C=N–C) groups is 1. The molecule has 0 amide bonds. The molecule has 8 nitrogen and oxygen atoms in total. The van der Waals surface area contributed by atoms with E-state index in [1.807, 2.05) is 10.3 Å². The van der Waals surface area contributed by atoms with Crippen LogP contribution in [0.4, 0.5) is 4.39 Å². The van der Waals surface area contributed by atoms with Gasteiger partial charge >= 0.3 is 5.97 Å². The number of nitrogens with one attached hydrogen (secondary N) is 1. The number of carbonyl (C=O) groups is 1. The molecule has 5 rings (SSSR count). The average Bonchev–Trinajstić information content (AvgIpc) is 3.38. The number of hydrogen-bond acceptors (Lipinski definition) is 8. The summed E-state index contributed by atoms with van der Waals surface area (Å²) in [5.41, 5.74) is 1.75. The Balaban J connectivity index is 1.56. The lowest BCUT2D eigenvalue weighted by molar-refractivity contribution is -0.139. The number of allylic oxidation sites excluding steroid dienone is 1. The zero-order valence-corrected chi connectivity index (χ0v) is 22.1. The molecule has 0 spiro atoms. The Bertz CT molecular complexity index is 1310. The third-order valence-electron chi connectivity index (χ3n) is 6.25. The zero-order chi connectivity index (χ0) is 24.7. The fourth-order valence-electron chi connectivity index (χ4n) is 4.46. The summed E-state index contributed by atoms with van der Waals surface area (Å²) in [6.07, 6.45) is 3.55. The number of aromatic nitrogens is 1. The van der Waals surface area contributed by atoms with Gasteiger partial charge in [-0.3, -0.25) is 4.99 Å². The van der Waals surface area contributed by atoms with Crippen LogP contribution in [-0.2, 0) is 19.6 Å². The van der Waals surface area contributed by atoms with E-state index in [-0.39, 0.29) is 24.3 Å². The van der Waals surface area contributed by atoms with Gasteiger partial charge in [0.05, 0.1) is 17.4 Å². The Morgan fingerprint density at radius 2 is 2.17 bits per heavy atom. The highest BCUT2D eigenvalue weighted by Crippen LogP contribution is 2.44. The first-order valence-corrected chi connectivity index (χ1v) is 14.6. The Morgan fingerprint density at radius 1 is 1.37 bits per heavy atom. The molecule has 2 atom stereocenters. The lowest BCUT2D eigenvalue weighted by Crippen LogP contribution is -2.37. The summed E-state index contributed by atoms with van der Waals surface area (Å²) in [6, 6.07) is 3.56. The van der Waals surface area contributed by atoms with E-state index in [1.165, 1.54) is 23.5 Å². The van der Waals surface area contributed by atoms with Crippen LogP contribution < -0.4 is 4.72 Å². The van der Waals surface area contributed by atoms with Crippen molar-refractivity contribution in [3.63, 3.8) is 0 Å². The second-order valence-electron chi connectivity index (χ2n) is 8.71. The van der Waals surface area contributed by atoms with Crippen LogP contribution in [0.15, 0.2) is 50.5 Å². The third kappa shape index (κ3) is 4.93. The molecular weight excluding hydrogens is 559 g/mol. The van der Waals surface area contributed by atoms with Gasteiger partial charge in [-0.05, 0) is 49.8 Å². The molecule has 2 aromatic rings. The molecule has 35 heavy (non-hydrogen) atoms. The number of amidine groups is 1. The molecule has 1 aromatic carbocycles. The molecule has 3 aliphatic rings. The maximum atomic E-state index is 13.9. The van der Waals surface area contributed by atoms with E-state index >= 15 is 0 Å². The molecule has 0 radical (unpaired) electrons. The first-order valence-electron chi connectivity index (χ1n) is 11.4. The van der Waals surface area contributed by atoms with Gasteiger partial charge in [0.25, 0.3) is 0 Å². The highest BCUT2D eigenvalue weighted by atomic mass is 79.9. The molecule has 2 aliphatic heterocycles. The molecule has 1 saturated carbocycles. The zero-order valence-electron chi connectivity index (χ0n) is 18.9. The predicted molar refractivity (Wildman–Crippen MR) is 134 cm³/mol. The molecule has 186 valence electrons. The Kier molecular flexibility index (Phi) is 6.81. The van der Waals surface area contributed by atoms with Crippen LogP contribution >= 0.6 is 27.3 Å². The number of hydrogen-bond donors (Lipinski definition) is 1. The van der Waals surface area contributed by atoms with Gasteiger partial charge in [-0.15, -0.1) is 11.3 Å². The maximum absolute atomic E-state index is 13.9. The quantitative estimate of drug-likeness (QED) is 0.475. The molecule has 3 heterocycles. The van der Waals surface area contributed by atoms with Gasteiger partial charge < -0.3 is 9.64 Å². The summed E-state index contributed by atoms with van der Waals surface area (Å²) >= 11 is 4.86. The molecule has 12 heteroatoms. The van der Waals surface area contributed by atoms with Crippen LogP contribution in [0.1, 0.15) is 42.8 Å². The smallest absolute Gasteiger partial charge is 0.338 e. The normalized spacial score (nSPS) is 22.3. The van der Waals surface area contributed by atoms with Crippen LogP contribution in [0, 0.1) is 11.7 Å². The lowest BCUT2D eigenvalue weighted by atomic mass is 9.94. The van der Waals surface area contributed by atoms with Crippen molar-refractivity contribution in [2.45, 2.75) is 37.5 Å². The fourth-order valence-corrected chi connectivity index (χ4v) is 7.13. The molecular formula is C23H24BrFN4O4S2. The van der Waals surface area contributed by atoms with Crippen LogP contribution in [0.25, 0.3) is 0 Å². The van der Waals surface area contributed by atoms with Gasteiger partial charge in [0.1, 0.15) is 11.9 Å². The first kappa shape index (κ1) is 24.5. The lowest BCUT2D eigenvalue weighted by Gasteiger charge is -2.32. The van der Waals surface area contributed by atoms with E-state index < -0.39 is 27.9 Å². The molecule has 1 aliphatic carbocycles. The van der Waals surface area contributed by atoms with Crippen LogP contribution in [0.5, 0.6) is 0 Å². The molecule has 1 N–H and O–H groups in total. The maximum Gasteiger partial charge on any atom is 0.338 e. The minimum Gasteiger partial charge on any atom is -0.463 e. The minimum absolute atomic E-state index is 0.0662. The number of sulfonamides is 1.